The van der Waals surface area contributed by atoms with Gasteiger partial charge in [0.15, 0.2) is 0 Å². The summed E-state index contributed by atoms with van der Waals surface area (Å²) in [5.41, 5.74) is 4.67. The second-order valence-electron chi connectivity index (χ2n) is 7.22. The van der Waals surface area contributed by atoms with Crippen LogP contribution in [0.5, 0.6) is 0 Å². The zero-order valence-corrected chi connectivity index (χ0v) is 16.8. The van der Waals surface area contributed by atoms with Crippen molar-refractivity contribution >= 4 is 17.6 Å². The minimum atomic E-state index is -0.114. The van der Waals surface area contributed by atoms with Gasteiger partial charge in [0.2, 0.25) is 0 Å². The molecule has 2 aromatic carbocycles. The van der Waals surface area contributed by atoms with Crippen molar-refractivity contribution in [1.29, 1.82) is 0 Å². The average Bonchev–Trinajstić information content (AvgIpc) is 3.11. The molecule has 0 atom stereocenters. The molecule has 1 heterocycles. The first kappa shape index (κ1) is 19.9. The van der Waals surface area contributed by atoms with E-state index in [-0.39, 0.29) is 11.9 Å². The van der Waals surface area contributed by atoms with Gasteiger partial charge in [-0.05, 0) is 55.4 Å². The van der Waals surface area contributed by atoms with Crippen LogP contribution in [0, 0.1) is 6.92 Å². The number of benzene rings is 2. The van der Waals surface area contributed by atoms with Crippen LogP contribution < -0.4 is 15.5 Å². The van der Waals surface area contributed by atoms with Crippen molar-refractivity contribution in [1.82, 2.24) is 15.5 Å². The van der Waals surface area contributed by atoms with Crippen LogP contribution in [0.25, 0.3) is 0 Å². The molecule has 1 aliphatic heterocycles. The third kappa shape index (κ3) is 4.70. The lowest BCUT2D eigenvalue weighted by atomic mass is 10.1. The molecule has 0 aromatic heterocycles. The number of urea groups is 1. The molecule has 0 unspecified atom stereocenters. The van der Waals surface area contributed by atoms with Crippen molar-refractivity contribution in [3.63, 3.8) is 0 Å². The van der Waals surface area contributed by atoms with Crippen LogP contribution in [0.1, 0.15) is 34.0 Å². The Morgan fingerprint density at radius 3 is 2.68 bits per heavy atom. The summed E-state index contributed by atoms with van der Waals surface area (Å²) in [6.07, 6.45) is 0. The Kier molecular flexibility index (Phi) is 6.31. The minimum absolute atomic E-state index is 0.0890. The monoisotopic (exact) mass is 380 g/mol. The quantitative estimate of drug-likeness (QED) is 0.776. The highest BCUT2D eigenvalue weighted by Gasteiger charge is 2.22. The predicted molar refractivity (Wildman–Crippen MR) is 112 cm³/mol. The Labute approximate surface area is 166 Å². The fraction of sp³-hybridized carbons (Fsp3) is 0.364. The third-order valence-electron chi connectivity index (χ3n) is 5.04. The molecule has 1 saturated heterocycles. The van der Waals surface area contributed by atoms with Crippen molar-refractivity contribution in [2.75, 3.05) is 31.6 Å². The lowest BCUT2D eigenvalue weighted by Crippen LogP contribution is -2.28. The van der Waals surface area contributed by atoms with Crippen molar-refractivity contribution in [3.8, 4) is 0 Å². The fourth-order valence-electron chi connectivity index (χ4n) is 3.35. The van der Waals surface area contributed by atoms with Crippen LogP contribution in [0.15, 0.2) is 42.5 Å². The van der Waals surface area contributed by atoms with E-state index < -0.39 is 0 Å². The van der Waals surface area contributed by atoms with E-state index in [1.807, 2.05) is 31.2 Å². The fourth-order valence-corrected chi connectivity index (χ4v) is 3.35. The standard InChI is InChI=1S/C22H28N4O2/c1-4-25(3)15-18-7-5-6-17(13-18)14-24-21(27)19-8-9-20(16(2)12-19)26-11-10-23-22(26)28/h5-9,12-13H,4,10-11,14-15H2,1-3H3,(H,23,28)(H,24,27). The molecule has 28 heavy (non-hydrogen) atoms. The van der Waals surface area contributed by atoms with Crippen molar-refractivity contribution in [3.05, 3.63) is 64.7 Å². The molecule has 3 amide bonds. The van der Waals surface area contributed by atoms with Gasteiger partial charge in [-0.2, -0.15) is 0 Å². The zero-order valence-electron chi connectivity index (χ0n) is 16.8. The zero-order chi connectivity index (χ0) is 20.1. The summed E-state index contributed by atoms with van der Waals surface area (Å²) >= 11 is 0. The Balaban J connectivity index is 1.63. The summed E-state index contributed by atoms with van der Waals surface area (Å²) in [4.78, 5) is 28.4. The maximum Gasteiger partial charge on any atom is 0.322 e. The molecular formula is C22H28N4O2. The van der Waals surface area contributed by atoms with Crippen LogP contribution in [0.4, 0.5) is 10.5 Å². The van der Waals surface area contributed by atoms with Gasteiger partial charge < -0.3 is 15.5 Å². The summed E-state index contributed by atoms with van der Waals surface area (Å²) in [5, 5.41) is 5.79. The molecular weight excluding hydrogens is 352 g/mol. The molecule has 6 heteroatoms. The highest BCUT2D eigenvalue weighted by atomic mass is 16.2. The second kappa shape index (κ2) is 8.89. The Bertz CT molecular complexity index is 865. The van der Waals surface area contributed by atoms with Crippen molar-refractivity contribution < 1.29 is 9.59 Å². The maximum absolute atomic E-state index is 12.6. The number of anilines is 1. The van der Waals surface area contributed by atoms with E-state index in [1.165, 1.54) is 5.56 Å². The first-order valence-electron chi connectivity index (χ1n) is 9.68. The number of carbonyl (C=O) groups is 2. The van der Waals surface area contributed by atoms with Gasteiger partial charge in [0, 0.05) is 37.4 Å². The molecule has 0 spiro atoms. The second-order valence-corrected chi connectivity index (χ2v) is 7.22. The number of hydrogen-bond acceptors (Lipinski definition) is 3. The number of nitrogens with zero attached hydrogens (tertiary/aromatic N) is 2. The maximum atomic E-state index is 12.6. The number of aryl methyl sites for hydroxylation is 1. The largest absolute Gasteiger partial charge is 0.348 e. The van der Waals surface area contributed by atoms with Crippen molar-refractivity contribution in [2.24, 2.45) is 0 Å². The lowest BCUT2D eigenvalue weighted by Gasteiger charge is -2.17. The first-order chi connectivity index (χ1) is 13.5. The van der Waals surface area contributed by atoms with E-state index in [0.29, 0.717) is 25.2 Å². The molecule has 2 aromatic rings. The SMILES string of the molecule is CCN(C)Cc1cccc(CNC(=O)c2ccc(N3CCNC3=O)c(C)c2)c1. The highest BCUT2D eigenvalue weighted by molar-refractivity contribution is 5.97. The molecule has 2 N–H and O–H groups in total. The van der Waals surface area contributed by atoms with E-state index in [2.05, 4.69) is 41.6 Å². The van der Waals surface area contributed by atoms with Crippen LogP contribution in [0.3, 0.4) is 0 Å². The van der Waals surface area contributed by atoms with Gasteiger partial charge in [-0.1, -0.05) is 31.2 Å². The third-order valence-corrected chi connectivity index (χ3v) is 5.04. The summed E-state index contributed by atoms with van der Waals surface area (Å²) in [6.45, 7) is 7.72. The molecule has 1 fully saturated rings. The van der Waals surface area contributed by atoms with Crippen LogP contribution in [0.2, 0.25) is 0 Å². The number of carbonyl (C=O) groups excluding carboxylic acids is 2. The van der Waals surface area contributed by atoms with Gasteiger partial charge in [-0.3, -0.25) is 9.69 Å². The van der Waals surface area contributed by atoms with E-state index >= 15 is 0 Å². The number of nitrogens with one attached hydrogen (secondary N) is 2. The molecule has 0 aliphatic carbocycles. The molecule has 3 rings (SSSR count). The average molecular weight is 380 g/mol. The van der Waals surface area contributed by atoms with E-state index in [0.717, 1.165) is 29.9 Å². The number of amides is 3. The normalized spacial score (nSPS) is 13.7. The van der Waals surface area contributed by atoms with E-state index in [4.69, 9.17) is 0 Å². The Hall–Kier alpha value is -2.86. The summed E-state index contributed by atoms with van der Waals surface area (Å²) in [5.74, 6) is -0.114. The molecule has 0 radical (unpaired) electrons. The van der Waals surface area contributed by atoms with Gasteiger partial charge in [-0.25, -0.2) is 4.79 Å². The van der Waals surface area contributed by atoms with E-state index in [1.54, 1.807) is 11.0 Å². The lowest BCUT2D eigenvalue weighted by molar-refractivity contribution is 0.0951. The van der Waals surface area contributed by atoms with Crippen LogP contribution >= 0.6 is 0 Å². The van der Waals surface area contributed by atoms with Crippen LogP contribution in [-0.2, 0) is 13.1 Å². The van der Waals surface area contributed by atoms with Crippen LogP contribution in [-0.4, -0.2) is 43.5 Å². The molecule has 0 bridgehead atoms. The molecule has 148 valence electrons. The topological polar surface area (TPSA) is 64.7 Å². The summed E-state index contributed by atoms with van der Waals surface area (Å²) < 4.78 is 0. The minimum Gasteiger partial charge on any atom is -0.348 e. The Morgan fingerprint density at radius 2 is 2.00 bits per heavy atom. The van der Waals surface area contributed by atoms with Crippen molar-refractivity contribution in [2.45, 2.75) is 26.9 Å². The molecule has 0 saturated carbocycles. The van der Waals surface area contributed by atoms with Gasteiger partial charge in [0.25, 0.3) is 5.91 Å². The Morgan fingerprint density at radius 1 is 1.21 bits per heavy atom. The number of rotatable bonds is 7. The van der Waals surface area contributed by atoms with Gasteiger partial charge >= 0.3 is 6.03 Å². The highest BCUT2D eigenvalue weighted by Crippen LogP contribution is 2.23. The summed E-state index contributed by atoms with van der Waals surface area (Å²) in [6, 6.07) is 13.7. The predicted octanol–water partition coefficient (Wildman–Crippen LogP) is 2.91. The van der Waals surface area contributed by atoms with Gasteiger partial charge in [0.1, 0.15) is 0 Å². The number of hydrogen-bond donors (Lipinski definition) is 2. The molecule has 6 nitrogen and oxygen atoms in total. The molecule has 1 aliphatic rings. The first-order valence-corrected chi connectivity index (χ1v) is 9.68. The van der Waals surface area contributed by atoms with E-state index in [9.17, 15) is 9.59 Å². The van der Waals surface area contributed by atoms with Gasteiger partial charge in [0.05, 0.1) is 0 Å². The smallest absolute Gasteiger partial charge is 0.322 e. The summed E-state index contributed by atoms with van der Waals surface area (Å²) in [7, 11) is 2.09. The van der Waals surface area contributed by atoms with Gasteiger partial charge in [-0.15, -0.1) is 0 Å².